The lowest BCUT2D eigenvalue weighted by Crippen LogP contribution is -2.27. The lowest BCUT2D eigenvalue weighted by molar-refractivity contribution is 0.0952. The summed E-state index contributed by atoms with van der Waals surface area (Å²) in [7, 11) is 0. The highest BCUT2D eigenvalue weighted by Crippen LogP contribution is 2.19. The Kier molecular flexibility index (Phi) is 4.96. The number of nitrogens with zero attached hydrogens (tertiary/aromatic N) is 2. The summed E-state index contributed by atoms with van der Waals surface area (Å²) in [6, 6.07) is 16.8. The SMILES string of the molecule is Cc1ccc(-n2cc(C(=O)NCc3cccnc3)c3ccccc3c2=O)cc1C. The molecule has 0 atom stereocenters. The van der Waals surface area contributed by atoms with Crippen LogP contribution in [-0.4, -0.2) is 15.5 Å². The van der Waals surface area contributed by atoms with Crippen molar-refractivity contribution in [3.05, 3.63) is 106 Å². The molecule has 4 aromatic rings. The number of carbonyl (C=O) groups is 1. The summed E-state index contributed by atoms with van der Waals surface area (Å²) in [5, 5.41) is 4.09. The lowest BCUT2D eigenvalue weighted by atomic mass is 10.1. The minimum absolute atomic E-state index is 0.146. The van der Waals surface area contributed by atoms with Crippen LogP contribution in [0, 0.1) is 13.8 Å². The molecule has 5 nitrogen and oxygen atoms in total. The Hall–Kier alpha value is -3.73. The van der Waals surface area contributed by atoms with Gasteiger partial charge in [0.15, 0.2) is 0 Å². The summed E-state index contributed by atoms with van der Waals surface area (Å²) in [6.07, 6.45) is 5.04. The van der Waals surface area contributed by atoms with E-state index in [2.05, 4.69) is 10.3 Å². The normalized spacial score (nSPS) is 10.8. The second-order valence-electron chi connectivity index (χ2n) is 7.08. The molecule has 0 aliphatic heterocycles. The first-order valence-electron chi connectivity index (χ1n) is 9.44. The third kappa shape index (κ3) is 3.67. The summed E-state index contributed by atoms with van der Waals surface area (Å²) in [6.45, 7) is 4.40. The fourth-order valence-corrected chi connectivity index (χ4v) is 3.32. The largest absolute Gasteiger partial charge is 0.348 e. The predicted octanol–water partition coefficient (Wildman–Crippen LogP) is 3.93. The Balaban J connectivity index is 1.80. The molecule has 2 aromatic carbocycles. The molecule has 4 rings (SSSR count). The van der Waals surface area contributed by atoms with Crippen molar-refractivity contribution < 1.29 is 4.79 Å². The van der Waals surface area contributed by atoms with Crippen LogP contribution in [0.25, 0.3) is 16.5 Å². The maximum atomic E-state index is 13.1. The zero-order valence-electron chi connectivity index (χ0n) is 16.3. The fourth-order valence-electron chi connectivity index (χ4n) is 3.32. The molecule has 0 aliphatic rings. The van der Waals surface area contributed by atoms with E-state index in [-0.39, 0.29) is 11.5 Å². The van der Waals surface area contributed by atoms with Crippen LogP contribution >= 0.6 is 0 Å². The maximum Gasteiger partial charge on any atom is 0.262 e. The van der Waals surface area contributed by atoms with Crippen LogP contribution in [-0.2, 0) is 6.54 Å². The molecular formula is C24H21N3O2. The van der Waals surface area contributed by atoms with Gasteiger partial charge in [-0.15, -0.1) is 0 Å². The molecule has 0 radical (unpaired) electrons. The molecule has 1 N–H and O–H groups in total. The summed E-state index contributed by atoms with van der Waals surface area (Å²) in [5.74, 6) is -0.234. The van der Waals surface area contributed by atoms with Gasteiger partial charge in [-0.2, -0.15) is 0 Å². The van der Waals surface area contributed by atoms with Crippen LogP contribution in [0.3, 0.4) is 0 Å². The standard InChI is InChI=1S/C24H21N3O2/c1-16-9-10-19(12-17(16)2)27-15-22(20-7-3-4-8-21(20)24(27)29)23(28)26-14-18-6-5-11-25-13-18/h3-13,15H,14H2,1-2H3,(H,26,28). The van der Waals surface area contributed by atoms with Gasteiger partial charge in [-0.3, -0.25) is 19.1 Å². The minimum atomic E-state index is -0.234. The molecule has 0 saturated carbocycles. The van der Waals surface area contributed by atoms with Crippen molar-refractivity contribution in [1.82, 2.24) is 14.9 Å². The number of fused-ring (bicyclic) bond motifs is 1. The van der Waals surface area contributed by atoms with Crippen molar-refractivity contribution in [1.29, 1.82) is 0 Å². The zero-order valence-corrected chi connectivity index (χ0v) is 16.3. The molecule has 2 aromatic heterocycles. The second kappa shape index (κ2) is 7.72. The highest BCUT2D eigenvalue weighted by Gasteiger charge is 2.15. The topological polar surface area (TPSA) is 64.0 Å². The van der Waals surface area contributed by atoms with Crippen molar-refractivity contribution in [3.63, 3.8) is 0 Å². The monoisotopic (exact) mass is 383 g/mol. The number of amides is 1. The number of benzene rings is 2. The van der Waals surface area contributed by atoms with E-state index in [0.717, 1.165) is 22.4 Å². The molecule has 2 heterocycles. The number of rotatable bonds is 4. The molecule has 144 valence electrons. The van der Waals surface area contributed by atoms with Gasteiger partial charge in [0.05, 0.1) is 5.56 Å². The van der Waals surface area contributed by atoms with E-state index in [4.69, 9.17) is 0 Å². The second-order valence-corrected chi connectivity index (χ2v) is 7.08. The summed E-state index contributed by atoms with van der Waals surface area (Å²) >= 11 is 0. The average molecular weight is 383 g/mol. The van der Waals surface area contributed by atoms with Crippen molar-refractivity contribution in [2.45, 2.75) is 20.4 Å². The molecule has 0 fully saturated rings. The van der Waals surface area contributed by atoms with E-state index in [1.165, 1.54) is 0 Å². The Morgan fingerprint density at radius 1 is 1.00 bits per heavy atom. The van der Waals surface area contributed by atoms with E-state index in [9.17, 15) is 9.59 Å². The Bertz CT molecular complexity index is 1260. The molecule has 1 amide bonds. The Labute approximate surface area is 168 Å². The van der Waals surface area contributed by atoms with E-state index >= 15 is 0 Å². The van der Waals surface area contributed by atoms with Gasteiger partial charge in [-0.25, -0.2) is 0 Å². The molecule has 0 aliphatic carbocycles. The zero-order chi connectivity index (χ0) is 20.4. The van der Waals surface area contributed by atoms with Crippen LogP contribution in [0.5, 0.6) is 0 Å². The highest BCUT2D eigenvalue weighted by atomic mass is 16.2. The maximum absolute atomic E-state index is 13.1. The third-order valence-corrected chi connectivity index (χ3v) is 5.11. The van der Waals surface area contributed by atoms with Crippen LogP contribution < -0.4 is 10.9 Å². The highest BCUT2D eigenvalue weighted by molar-refractivity contribution is 6.06. The van der Waals surface area contributed by atoms with Crippen LogP contribution in [0.4, 0.5) is 0 Å². The number of carbonyl (C=O) groups excluding carboxylic acids is 1. The molecule has 5 heteroatoms. The fraction of sp³-hybridized carbons (Fsp3) is 0.125. The predicted molar refractivity (Wildman–Crippen MR) is 114 cm³/mol. The number of hydrogen-bond donors (Lipinski definition) is 1. The van der Waals surface area contributed by atoms with Gasteiger partial charge in [-0.05, 0) is 54.8 Å². The van der Waals surface area contributed by atoms with Crippen molar-refractivity contribution in [3.8, 4) is 5.69 Å². The lowest BCUT2D eigenvalue weighted by Gasteiger charge is -2.14. The van der Waals surface area contributed by atoms with Crippen LogP contribution in [0.1, 0.15) is 27.0 Å². The first-order chi connectivity index (χ1) is 14.0. The van der Waals surface area contributed by atoms with Gasteiger partial charge in [0, 0.05) is 41.6 Å². The number of pyridine rings is 2. The van der Waals surface area contributed by atoms with Crippen molar-refractivity contribution in [2.24, 2.45) is 0 Å². The third-order valence-electron chi connectivity index (χ3n) is 5.11. The molecule has 0 bridgehead atoms. The van der Waals surface area contributed by atoms with Crippen molar-refractivity contribution in [2.75, 3.05) is 0 Å². The molecule has 29 heavy (non-hydrogen) atoms. The van der Waals surface area contributed by atoms with Gasteiger partial charge in [-0.1, -0.05) is 30.3 Å². The number of aryl methyl sites for hydroxylation is 2. The number of nitrogens with one attached hydrogen (secondary N) is 1. The number of hydrogen-bond acceptors (Lipinski definition) is 3. The van der Waals surface area contributed by atoms with Gasteiger partial charge in [0.1, 0.15) is 0 Å². The van der Waals surface area contributed by atoms with Gasteiger partial charge in [0.25, 0.3) is 11.5 Å². The van der Waals surface area contributed by atoms with Crippen molar-refractivity contribution >= 4 is 16.7 Å². The molecular weight excluding hydrogens is 362 g/mol. The minimum Gasteiger partial charge on any atom is -0.348 e. The first-order valence-corrected chi connectivity index (χ1v) is 9.44. The van der Waals surface area contributed by atoms with Crippen LogP contribution in [0.15, 0.2) is 78.0 Å². The van der Waals surface area contributed by atoms with Gasteiger partial charge in [0.2, 0.25) is 0 Å². The van der Waals surface area contributed by atoms with Gasteiger partial charge < -0.3 is 5.32 Å². The number of aromatic nitrogens is 2. The Morgan fingerprint density at radius 3 is 2.52 bits per heavy atom. The molecule has 0 unspecified atom stereocenters. The quantitative estimate of drug-likeness (QED) is 0.581. The van der Waals surface area contributed by atoms with Gasteiger partial charge >= 0.3 is 0 Å². The summed E-state index contributed by atoms with van der Waals surface area (Å²) < 4.78 is 1.55. The Morgan fingerprint density at radius 2 is 1.79 bits per heavy atom. The van der Waals surface area contributed by atoms with Crippen LogP contribution in [0.2, 0.25) is 0 Å². The first kappa shape index (κ1) is 18.6. The van der Waals surface area contributed by atoms with E-state index in [0.29, 0.717) is 22.9 Å². The average Bonchev–Trinajstić information content (AvgIpc) is 2.75. The summed E-state index contributed by atoms with van der Waals surface area (Å²) in [4.78, 5) is 30.2. The van der Waals surface area contributed by atoms with E-state index < -0.39 is 0 Å². The smallest absolute Gasteiger partial charge is 0.262 e. The molecule has 0 spiro atoms. The van der Waals surface area contributed by atoms with E-state index in [1.807, 2.05) is 56.3 Å². The molecule has 0 saturated heterocycles. The van der Waals surface area contributed by atoms with E-state index in [1.54, 1.807) is 35.3 Å². The summed E-state index contributed by atoms with van der Waals surface area (Å²) in [5.41, 5.74) is 4.20.